The average Bonchev–Trinajstić information content (AvgIpc) is 3.14. The van der Waals surface area contributed by atoms with Crippen LogP contribution in [0.5, 0.6) is 0 Å². The summed E-state index contributed by atoms with van der Waals surface area (Å²) < 4.78 is 7.47. The number of carbonyl (C=O) groups is 1. The van der Waals surface area contributed by atoms with E-state index in [4.69, 9.17) is 4.74 Å². The van der Waals surface area contributed by atoms with Crippen molar-refractivity contribution in [2.24, 2.45) is 0 Å². The molecule has 1 aromatic carbocycles. The molecule has 0 spiro atoms. The molecule has 1 N–H and O–H groups in total. The Hall–Kier alpha value is -2.06. The van der Waals surface area contributed by atoms with Crippen LogP contribution in [0.2, 0.25) is 0 Å². The lowest BCUT2D eigenvalue weighted by atomic mass is 10.0. The molecule has 1 saturated heterocycles. The molecule has 1 fully saturated rings. The summed E-state index contributed by atoms with van der Waals surface area (Å²) in [4.78, 5) is 14.4. The standard InChI is InChI=1S/C19H27N5O2S/c1-3-24-18(23-9-11-26-12-10-23)21-22-19(24)27-14-17(25)20-13-15(2)16-7-5-4-6-8-16/h4-8,15H,3,9-14H2,1-2H3,(H,20,25)/t15-/m0/s1. The molecule has 2 aromatic rings. The van der Waals surface area contributed by atoms with Gasteiger partial charge in [-0.2, -0.15) is 0 Å². The van der Waals surface area contributed by atoms with Gasteiger partial charge in [-0.1, -0.05) is 49.0 Å². The number of thioether (sulfide) groups is 1. The van der Waals surface area contributed by atoms with Gasteiger partial charge in [0.25, 0.3) is 0 Å². The normalized spacial score (nSPS) is 15.6. The second-order valence-electron chi connectivity index (χ2n) is 6.53. The summed E-state index contributed by atoms with van der Waals surface area (Å²) in [5.41, 5.74) is 1.23. The Morgan fingerprint density at radius 2 is 2.00 bits per heavy atom. The topological polar surface area (TPSA) is 72.3 Å². The van der Waals surface area contributed by atoms with E-state index in [-0.39, 0.29) is 11.8 Å². The van der Waals surface area contributed by atoms with Gasteiger partial charge >= 0.3 is 0 Å². The molecule has 146 valence electrons. The number of aromatic nitrogens is 3. The minimum Gasteiger partial charge on any atom is -0.378 e. The first-order chi connectivity index (χ1) is 13.2. The van der Waals surface area contributed by atoms with Crippen LogP contribution in [0.1, 0.15) is 25.3 Å². The van der Waals surface area contributed by atoms with Crippen molar-refractivity contribution in [3.63, 3.8) is 0 Å². The highest BCUT2D eigenvalue weighted by molar-refractivity contribution is 7.99. The number of carbonyl (C=O) groups excluding carboxylic acids is 1. The molecule has 1 aromatic heterocycles. The Morgan fingerprint density at radius 1 is 1.26 bits per heavy atom. The molecule has 1 aliphatic rings. The van der Waals surface area contributed by atoms with Crippen molar-refractivity contribution < 1.29 is 9.53 Å². The molecule has 0 saturated carbocycles. The second kappa shape index (κ2) is 9.75. The number of benzene rings is 1. The molecule has 0 aliphatic carbocycles. The first-order valence-corrected chi connectivity index (χ1v) is 10.4. The number of ether oxygens (including phenoxy) is 1. The molecule has 0 unspecified atom stereocenters. The zero-order valence-corrected chi connectivity index (χ0v) is 16.7. The number of hydrogen-bond donors (Lipinski definition) is 1. The van der Waals surface area contributed by atoms with Gasteiger partial charge in [-0.25, -0.2) is 0 Å². The van der Waals surface area contributed by atoms with Gasteiger partial charge in [0.05, 0.1) is 19.0 Å². The fourth-order valence-electron chi connectivity index (χ4n) is 3.01. The minimum absolute atomic E-state index is 0.0151. The van der Waals surface area contributed by atoms with Crippen LogP contribution in [-0.4, -0.2) is 59.3 Å². The molecule has 3 rings (SSSR count). The van der Waals surface area contributed by atoms with Crippen molar-refractivity contribution in [1.29, 1.82) is 0 Å². The number of anilines is 1. The smallest absolute Gasteiger partial charge is 0.230 e. The summed E-state index contributed by atoms with van der Waals surface area (Å²) in [5.74, 6) is 1.50. The van der Waals surface area contributed by atoms with Crippen molar-refractivity contribution in [1.82, 2.24) is 20.1 Å². The predicted molar refractivity (Wildman–Crippen MR) is 107 cm³/mol. The Kier molecular flexibility index (Phi) is 7.11. The molecular formula is C19H27N5O2S. The van der Waals surface area contributed by atoms with E-state index in [9.17, 15) is 4.79 Å². The van der Waals surface area contributed by atoms with Gasteiger partial charge in [0, 0.05) is 26.2 Å². The maximum absolute atomic E-state index is 12.2. The maximum atomic E-state index is 12.2. The molecule has 1 aliphatic heterocycles. The van der Waals surface area contributed by atoms with Crippen LogP contribution >= 0.6 is 11.8 Å². The summed E-state index contributed by atoms with van der Waals surface area (Å²) in [5, 5.41) is 12.4. The first kappa shape index (κ1) is 19.7. The largest absolute Gasteiger partial charge is 0.378 e. The Labute approximate surface area is 164 Å². The van der Waals surface area contributed by atoms with Gasteiger partial charge in [0.2, 0.25) is 11.9 Å². The molecule has 2 heterocycles. The Bertz CT molecular complexity index is 731. The van der Waals surface area contributed by atoms with E-state index >= 15 is 0 Å². The van der Waals surface area contributed by atoms with Gasteiger partial charge in [0.15, 0.2) is 5.16 Å². The summed E-state index contributed by atoms with van der Waals surface area (Å²) in [6.45, 7) is 8.64. The fourth-order valence-corrected chi connectivity index (χ4v) is 3.84. The third-order valence-electron chi connectivity index (χ3n) is 4.61. The highest BCUT2D eigenvalue weighted by Crippen LogP contribution is 2.22. The molecule has 1 amide bonds. The quantitative estimate of drug-likeness (QED) is 0.698. The van der Waals surface area contributed by atoms with Crippen LogP contribution in [0, 0.1) is 0 Å². The highest BCUT2D eigenvalue weighted by Gasteiger charge is 2.20. The maximum Gasteiger partial charge on any atom is 0.230 e. The molecule has 1 atom stereocenters. The van der Waals surface area contributed by atoms with Gasteiger partial charge < -0.3 is 15.0 Å². The first-order valence-electron chi connectivity index (χ1n) is 9.39. The minimum atomic E-state index is 0.0151. The lowest BCUT2D eigenvalue weighted by Crippen LogP contribution is -2.38. The summed E-state index contributed by atoms with van der Waals surface area (Å²) >= 11 is 1.43. The van der Waals surface area contributed by atoms with Crippen molar-refractivity contribution in [3.8, 4) is 0 Å². The molecule has 27 heavy (non-hydrogen) atoms. The predicted octanol–water partition coefficient (Wildman–Crippen LogP) is 2.15. The Morgan fingerprint density at radius 3 is 2.70 bits per heavy atom. The van der Waals surface area contributed by atoms with Gasteiger partial charge in [-0.15, -0.1) is 10.2 Å². The van der Waals surface area contributed by atoms with Crippen molar-refractivity contribution in [2.75, 3.05) is 43.5 Å². The highest BCUT2D eigenvalue weighted by atomic mass is 32.2. The molecule has 0 bridgehead atoms. The summed E-state index contributed by atoms with van der Waals surface area (Å²) in [7, 11) is 0. The van der Waals surface area contributed by atoms with Crippen LogP contribution in [0.15, 0.2) is 35.5 Å². The van der Waals surface area contributed by atoms with E-state index < -0.39 is 0 Å². The van der Waals surface area contributed by atoms with Crippen LogP contribution < -0.4 is 10.2 Å². The number of rotatable bonds is 8. The fraction of sp³-hybridized carbons (Fsp3) is 0.526. The molecule has 7 nitrogen and oxygen atoms in total. The lowest BCUT2D eigenvalue weighted by Gasteiger charge is -2.27. The molecular weight excluding hydrogens is 362 g/mol. The van der Waals surface area contributed by atoms with Crippen LogP contribution in [-0.2, 0) is 16.1 Å². The third kappa shape index (κ3) is 5.23. The van der Waals surface area contributed by atoms with Crippen LogP contribution in [0.3, 0.4) is 0 Å². The Balaban J connectivity index is 1.50. The summed E-state index contributed by atoms with van der Waals surface area (Å²) in [6, 6.07) is 10.2. The van der Waals surface area contributed by atoms with Crippen LogP contribution in [0.4, 0.5) is 5.95 Å². The number of nitrogens with zero attached hydrogens (tertiary/aromatic N) is 4. The monoisotopic (exact) mass is 389 g/mol. The van der Waals surface area contributed by atoms with E-state index in [0.29, 0.717) is 25.5 Å². The van der Waals surface area contributed by atoms with Crippen LogP contribution in [0.25, 0.3) is 0 Å². The van der Waals surface area contributed by atoms with Crippen molar-refractivity contribution in [2.45, 2.75) is 31.5 Å². The van der Waals surface area contributed by atoms with Crippen molar-refractivity contribution >= 4 is 23.6 Å². The molecule has 0 radical (unpaired) electrons. The number of amides is 1. The third-order valence-corrected chi connectivity index (χ3v) is 5.58. The van der Waals surface area contributed by atoms with E-state index in [1.54, 1.807) is 0 Å². The zero-order chi connectivity index (χ0) is 19.1. The summed E-state index contributed by atoms with van der Waals surface area (Å²) in [6.07, 6.45) is 0. The van der Waals surface area contributed by atoms with Gasteiger partial charge in [-0.05, 0) is 18.4 Å². The average molecular weight is 390 g/mol. The van der Waals surface area contributed by atoms with E-state index in [1.165, 1.54) is 17.3 Å². The van der Waals surface area contributed by atoms with E-state index in [1.807, 2.05) is 18.2 Å². The second-order valence-corrected chi connectivity index (χ2v) is 7.47. The van der Waals surface area contributed by atoms with Crippen molar-refractivity contribution in [3.05, 3.63) is 35.9 Å². The molecule has 8 heteroatoms. The van der Waals surface area contributed by atoms with Gasteiger partial charge in [-0.3, -0.25) is 9.36 Å². The van der Waals surface area contributed by atoms with E-state index in [2.05, 4.69) is 51.0 Å². The number of morpholine rings is 1. The lowest BCUT2D eigenvalue weighted by molar-refractivity contribution is -0.118. The zero-order valence-electron chi connectivity index (χ0n) is 15.9. The number of hydrogen-bond acceptors (Lipinski definition) is 6. The van der Waals surface area contributed by atoms with E-state index in [0.717, 1.165) is 30.7 Å². The number of nitrogens with one attached hydrogen (secondary N) is 1. The SMILES string of the molecule is CCn1c(SCC(=O)NC[C@H](C)c2ccccc2)nnc1N1CCOCC1. The van der Waals surface area contributed by atoms with Gasteiger partial charge in [0.1, 0.15) is 0 Å².